The minimum absolute atomic E-state index is 0.0389. The third-order valence-corrected chi connectivity index (χ3v) is 5.61. The third kappa shape index (κ3) is 2.64. The summed E-state index contributed by atoms with van der Waals surface area (Å²) in [4.78, 5) is 0. The molecule has 0 saturated carbocycles. The van der Waals surface area contributed by atoms with Gasteiger partial charge in [0.2, 0.25) is 5.75 Å². The van der Waals surface area contributed by atoms with E-state index in [1.165, 1.54) is 14.2 Å². The highest BCUT2D eigenvalue weighted by Gasteiger charge is 2.25. The normalized spacial score (nSPS) is 19.4. The molecule has 0 aromatic heterocycles. The molecule has 6 heteroatoms. The van der Waals surface area contributed by atoms with Gasteiger partial charge in [-0.25, -0.2) is 0 Å². The van der Waals surface area contributed by atoms with Gasteiger partial charge in [0.25, 0.3) is 0 Å². The maximum absolute atomic E-state index is 9.82. The van der Waals surface area contributed by atoms with Crippen LogP contribution in [0.15, 0.2) is 12.1 Å². The van der Waals surface area contributed by atoms with E-state index in [2.05, 4.69) is 0 Å². The summed E-state index contributed by atoms with van der Waals surface area (Å²) in [6, 6.07) is 3.67. The van der Waals surface area contributed by atoms with Gasteiger partial charge in [0.1, 0.15) is 3.53 Å². The summed E-state index contributed by atoms with van der Waals surface area (Å²) < 4.78 is 11.2. The van der Waals surface area contributed by atoms with E-state index in [1.807, 2.05) is 12.1 Å². The maximum Gasteiger partial charge on any atom is 0.200 e. The molecule has 17 heavy (non-hydrogen) atoms. The average molecular weight is 288 g/mol. The molecule has 0 aliphatic carbocycles. The highest BCUT2D eigenvalue weighted by atomic mass is 32.2. The van der Waals surface area contributed by atoms with Crippen LogP contribution in [0.25, 0.3) is 0 Å². The van der Waals surface area contributed by atoms with Crippen LogP contribution in [0.4, 0.5) is 0 Å². The molecule has 3 nitrogen and oxygen atoms in total. The van der Waals surface area contributed by atoms with Gasteiger partial charge in [-0.15, -0.1) is 11.8 Å². The fourth-order valence-corrected chi connectivity index (χ4v) is 4.43. The Morgan fingerprint density at radius 2 is 1.88 bits per heavy atom. The summed E-state index contributed by atoms with van der Waals surface area (Å²) in [6.45, 7) is 0. The Balaban J connectivity index is 2.37. The SMILES string of the molecule is COc1cc(C2CSC(=S)S2)cc(OC)c1O. The number of thiocarbonyl (C=S) groups is 1. The number of benzene rings is 1. The first kappa shape index (κ1) is 12.9. The second kappa shape index (κ2) is 5.37. The minimum Gasteiger partial charge on any atom is -0.502 e. The molecule has 1 fully saturated rings. The summed E-state index contributed by atoms with van der Waals surface area (Å²) in [7, 11) is 3.05. The number of phenols is 1. The molecular weight excluding hydrogens is 276 g/mol. The Morgan fingerprint density at radius 3 is 2.29 bits per heavy atom. The lowest BCUT2D eigenvalue weighted by Crippen LogP contribution is -1.96. The zero-order chi connectivity index (χ0) is 12.4. The van der Waals surface area contributed by atoms with Crippen molar-refractivity contribution >= 4 is 39.3 Å². The third-order valence-electron chi connectivity index (χ3n) is 2.46. The van der Waals surface area contributed by atoms with Crippen molar-refractivity contribution in [2.24, 2.45) is 0 Å². The van der Waals surface area contributed by atoms with Crippen LogP contribution in [0.5, 0.6) is 17.2 Å². The van der Waals surface area contributed by atoms with Gasteiger partial charge in [0, 0.05) is 11.0 Å². The lowest BCUT2D eigenvalue weighted by Gasteiger charge is -2.13. The van der Waals surface area contributed by atoms with Crippen molar-refractivity contribution in [3.8, 4) is 17.2 Å². The van der Waals surface area contributed by atoms with Gasteiger partial charge in [-0.2, -0.15) is 0 Å². The van der Waals surface area contributed by atoms with Crippen LogP contribution in [0.3, 0.4) is 0 Å². The predicted octanol–water partition coefficient (Wildman–Crippen LogP) is 3.22. The van der Waals surface area contributed by atoms with E-state index in [0.29, 0.717) is 16.7 Å². The molecule has 1 aromatic rings. The van der Waals surface area contributed by atoms with Gasteiger partial charge < -0.3 is 14.6 Å². The Hall–Kier alpha value is -0.590. The lowest BCUT2D eigenvalue weighted by molar-refractivity contribution is 0.339. The summed E-state index contributed by atoms with van der Waals surface area (Å²) >= 11 is 8.50. The van der Waals surface area contributed by atoms with E-state index in [1.54, 1.807) is 23.5 Å². The number of hydrogen-bond donors (Lipinski definition) is 1. The number of thioether (sulfide) groups is 2. The van der Waals surface area contributed by atoms with E-state index >= 15 is 0 Å². The molecule has 0 amide bonds. The molecule has 1 saturated heterocycles. The molecule has 0 spiro atoms. The maximum atomic E-state index is 9.82. The van der Waals surface area contributed by atoms with E-state index < -0.39 is 0 Å². The highest BCUT2D eigenvalue weighted by Crippen LogP contribution is 2.47. The summed E-state index contributed by atoms with van der Waals surface area (Å²) in [5.74, 6) is 1.85. The molecule has 1 aliphatic heterocycles. The molecule has 1 atom stereocenters. The van der Waals surface area contributed by atoms with Crippen molar-refractivity contribution in [1.29, 1.82) is 0 Å². The monoisotopic (exact) mass is 288 g/mol. The molecule has 1 unspecified atom stereocenters. The Morgan fingerprint density at radius 1 is 1.29 bits per heavy atom. The molecule has 0 bridgehead atoms. The number of hydrogen-bond acceptors (Lipinski definition) is 6. The second-order valence-electron chi connectivity index (χ2n) is 3.44. The van der Waals surface area contributed by atoms with E-state index in [9.17, 15) is 5.11 Å². The van der Waals surface area contributed by atoms with Crippen molar-refractivity contribution in [1.82, 2.24) is 0 Å². The second-order valence-corrected chi connectivity index (χ2v) is 6.87. The van der Waals surface area contributed by atoms with Gasteiger partial charge in [0.15, 0.2) is 11.5 Å². The zero-order valence-electron chi connectivity index (χ0n) is 9.43. The van der Waals surface area contributed by atoms with Crippen molar-refractivity contribution < 1.29 is 14.6 Å². The van der Waals surface area contributed by atoms with E-state index in [0.717, 1.165) is 14.8 Å². The first-order valence-corrected chi connectivity index (χ1v) is 7.21. The number of ether oxygens (including phenoxy) is 2. The summed E-state index contributed by atoms with van der Waals surface area (Å²) in [5.41, 5.74) is 1.06. The average Bonchev–Trinajstić information content (AvgIpc) is 2.76. The summed E-state index contributed by atoms with van der Waals surface area (Å²) in [5, 5.41) is 10.1. The number of rotatable bonds is 3. The van der Waals surface area contributed by atoms with Gasteiger partial charge in [-0.05, 0) is 17.7 Å². The highest BCUT2D eigenvalue weighted by molar-refractivity contribution is 8.49. The molecule has 92 valence electrons. The van der Waals surface area contributed by atoms with Crippen molar-refractivity contribution in [2.75, 3.05) is 20.0 Å². The van der Waals surface area contributed by atoms with Gasteiger partial charge in [0.05, 0.1) is 14.2 Å². The largest absolute Gasteiger partial charge is 0.502 e. The van der Waals surface area contributed by atoms with Crippen LogP contribution in [0, 0.1) is 0 Å². The topological polar surface area (TPSA) is 38.7 Å². The van der Waals surface area contributed by atoms with Crippen LogP contribution in [-0.4, -0.2) is 28.6 Å². The molecule has 2 rings (SSSR count). The van der Waals surface area contributed by atoms with Gasteiger partial charge >= 0.3 is 0 Å². The van der Waals surface area contributed by atoms with Crippen LogP contribution >= 0.6 is 35.7 Å². The molecule has 1 aromatic carbocycles. The van der Waals surface area contributed by atoms with Crippen LogP contribution in [0.2, 0.25) is 0 Å². The minimum atomic E-state index is 0.0389. The fourth-order valence-electron chi connectivity index (χ4n) is 1.59. The number of aromatic hydroxyl groups is 1. The summed E-state index contributed by atoms with van der Waals surface area (Å²) in [6.07, 6.45) is 0. The fraction of sp³-hybridized carbons (Fsp3) is 0.364. The quantitative estimate of drug-likeness (QED) is 0.861. The number of phenolic OH excluding ortho intramolecular Hbond substituents is 1. The Labute approximate surface area is 114 Å². The standard InChI is InChI=1S/C11H12O3S3/c1-13-7-3-6(4-8(14-2)10(7)12)9-5-16-11(15)17-9/h3-4,9,12H,5H2,1-2H3. The van der Waals surface area contributed by atoms with Crippen LogP contribution in [-0.2, 0) is 0 Å². The Bertz CT molecular complexity index is 423. The molecule has 1 N–H and O–H groups in total. The van der Waals surface area contributed by atoms with Crippen LogP contribution < -0.4 is 9.47 Å². The molecule has 1 heterocycles. The first-order valence-electron chi connectivity index (χ1n) is 4.94. The molecule has 0 radical (unpaired) electrons. The van der Waals surface area contributed by atoms with E-state index in [-0.39, 0.29) is 5.75 Å². The zero-order valence-corrected chi connectivity index (χ0v) is 11.9. The van der Waals surface area contributed by atoms with Gasteiger partial charge in [-0.1, -0.05) is 24.0 Å². The smallest absolute Gasteiger partial charge is 0.200 e. The van der Waals surface area contributed by atoms with Crippen molar-refractivity contribution in [3.05, 3.63) is 17.7 Å². The lowest BCUT2D eigenvalue weighted by atomic mass is 10.1. The van der Waals surface area contributed by atoms with Crippen molar-refractivity contribution in [2.45, 2.75) is 5.25 Å². The predicted molar refractivity (Wildman–Crippen MR) is 76.6 cm³/mol. The molecule has 1 aliphatic rings. The first-order chi connectivity index (χ1) is 8.15. The van der Waals surface area contributed by atoms with Crippen LogP contribution in [0.1, 0.15) is 10.8 Å². The van der Waals surface area contributed by atoms with Crippen molar-refractivity contribution in [3.63, 3.8) is 0 Å². The molecular formula is C11H12O3S3. The number of methoxy groups -OCH3 is 2. The van der Waals surface area contributed by atoms with Gasteiger partial charge in [-0.3, -0.25) is 0 Å². The Kier molecular flexibility index (Phi) is 4.06. The van der Waals surface area contributed by atoms with E-state index in [4.69, 9.17) is 21.7 Å².